The van der Waals surface area contributed by atoms with E-state index in [0.29, 0.717) is 12.1 Å². The molecule has 0 spiro atoms. The molecule has 0 amide bonds. The number of benzene rings is 1. The summed E-state index contributed by atoms with van der Waals surface area (Å²) in [5.41, 5.74) is 0.693. The van der Waals surface area contributed by atoms with E-state index in [1.54, 1.807) is 18.4 Å². The van der Waals surface area contributed by atoms with Crippen LogP contribution in [0.25, 0.3) is 0 Å². The second-order valence-corrected chi connectivity index (χ2v) is 4.16. The second kappa shape index (κ2) is 5.64. The highest BCUT2D eigenvalue weighted by Crippen LogP contribution is 2.08. The van der Waals surface area contributed by atoms with Crippen molar-refractivity contribution in [2.75, 3.05) is 0 Å². The smallest absolute Gasteiger partial charge is 0.127 e. The molecule has 0 aliphatic heterocycles. The predicted octanol–water partition coefficient (Wildman–Crippen LogP) is 3.14. The van der Waals surface area contributed by atoms with Crippen LogP contribution in [-0.4, -0.2) is 6.04 Å². The topological polar surface area (TPSA) is 25.2 Å². The van der Waals surface area contributed by atoms with E-state index >= 15 is 0 Å². The molecular formula is C14H16FNO. The van der Waals surface area contributed by atoms with Gasteiger partial charge in [0.25, 0.3) is 0 Å². The lowest BCUT2D eigenvalue weighted by molar-refractivity contribution is 0.453. The van der Waals surface area contributed by atoms with Crippen molar-refractivity contribution >= 4 is 0 Å². The van der Waals surface area contributed by atoms with Gasteiger partial charge in [0.05, 0.1) is 6.26 Å². The maximum Gasteiger partial charge on any atom is 0.127 e. The molecule has 1 atom stereocenters. The third kappa shape index (κ3) is 3.43. The zero-order valence-electron chi connectivity index (χ0n) is 9.82. The molecule has 0 aliphatic rings. The van der Waals surface area contributed by atoms with E-state index in [0.717, 1.165) is 12.2 Å². The SMILES string of the molecule is CC(Cc1ccco1)NCc1ccccc1F. The Balaban J connectivity index is 1.84. The van der Waals surface area contributed by atoms with E-state index in [1.807, 2.05) is 18.2 Å². The zero-order valence-corrected chi connectivity index (χ0v) is 9.82. The summed E-state index contributed by atoms with van der Waals surface area (Å²) in [6.07, 6.45) is 2.47. The van der Waals surface area contributed by atoms with Crippen molar-refractivity contribution in [3.8, 4) is 0 Å². The van der Waals surface area contributed by atoms with Gasteiger partial charge in [0.15, 0.2) is 0 Å². The third-order valence-corrected chi connectivity index (χ3v) is 2.69. The number of nitrogens with one attached hydrogen (secondary N) is 1. The summed E-state index contributed by atoms with van der Waals surface area (Å²) in [4.78, 5) is 0. The average Bonchev–Trinajstić information content (AvgIpc) is 2.81. The maximum atomic E-state index is 13.4. The zero-order chi connectivity index (χ0) is 12.1. The van der Waals surface area contributed by atoms with Crippen molar-refractivity contribution in [1.82, 2.24) is 5.32 Å². The lowest BCUT2D eigenvalue weighted by Crippen LogP contribution is -2.27. The van der Waals surface area contributed by atoms with E-state index in [9.17, 15) is 4.39 Å². The molecular weight excluding hydrogens is 217 g/mol. The van der Waals surface area contributed by atoms with Crippen LogP contribution in [0.4, 0.5) is 4.39 Å². The molecule has 0 bridgehead atoms. The molecule has 1 aromatic carbocycles. The van der Waals surface area contributed by atoms with Crippen LogP contribution in [0.2, 0.25) is 0 Å². The standard InChI is InChI=1S/C14H16FNO/c1-11(9-13-6-4-8-17-13)16-10-12-5-2-3-7-14(12)15/h2-8,11,16H,9-10H2,1H3. The maximum absolute atomic E-state index is 13.4. The first kappa shape index (κ1) is 11.9. The summed E-state index contributed by atoms with van der Waals surface area (Å²) in [5.74, 6) is 0.781. The Labute approximate surface area is 100 Å². The molecule has 1 unspecified atom stereocenters. The summed E-state index contributed by atoms with van der Waals surface area (Å²) >= 11 is 0. The van der Waals surface area contributed by atoms with E-state index < -0.39 is 0 Å². The van der Waals surface area contributed by atoms with Crippen molar-refractivity contribution in [3.63, 3.8) is 0 Å². The van der Waals surface area contributed by atoms with Gasteiger partial charge in [-0.2, -0.15) is 0 Å². The second-order valence-electron chi connectivity index (χ2n) is 4.16. The lowest BCUT2D eigenvalue weighted by Gasteiger charge is -2.12. The number of hydrogen-bond acceptors (Lipinski definition) is 2. The van der Waals surface area contributed by atoms with Gasteiger partial charge in [-0.3, -0.25) is 0 Å². The van der Waals surface area contributed by atoms with E-state index in [1.165, 1.54) is 6.07 Å². The monoisotopic (exact) mass is 233 g/mol. The fourth-order valence-corrected chi connectivity index (χ4v) is 1.73. The normalized spacial score (nSPS) is 12.6. The van der Waals surface area contributed by atoms with Gasteiger partial charge in [-0.15, -0.1) is 0 Å². The van der Waals surface area contributed by atoms with E-state index in [4.69, 9.17) is 4.42 Å². The van der Waals surface area contributed by atoms with Gasteiger partial charge < -0.3 is 9.73 Å². The molecule has 0 saturated heterocycles. The Kier molecular flexibility index (Phi) is 3.94. The number of hydrogen-bond donors (Lipinski definition) is 1. The third-order valence-electron chi connectivity index (χ3n) is 2.69. The number of rotatable bonds is 5. The van der Waals surface area contributed by atoms with Crippen LogP contribution in [0.15, 0.2) is 47.1 Å². The van der Waals surface area contributed by atoms with Gasteiger partial charge >= 0.3 is 0 Å². The Hall–Kier alpha value is -1.61. The fourth-order valence-electron chi connectivity index (χ4n) is 1.73. The van der Waals surface area contributed by atoms with Gasteiger partial charge in [0, 0.05) is 24.6 Å². The fraction of sp³-hybridized carbons (Fsp3) is 0.286. The first-order valence-corrected chi connectivity index (χ1v) is 5.75. The Morgan fingerprint density at radius 3 is 2.76 bits per heavy atom. The summed E-state index contributed by atoms with van der Waals surface area (Å²) in [6.45, 7) is 2.60. The molecule has 2 nitrogen and oxygen atoms in total. The predicted molar refractivity (Wildman–Crippen MR) is 65.1 cm³/mol. The van der Waals surface area contributed by atoms with Crippen LogP contribution in [-0.2, 0) is 13.0 Å². The minimum Gasteiger partial charge on any atom is -0.469 e. The molecule has 0 saturated carbocycles. The molecule has 3 heteroatoms. The summed E-state index contributed by atoms with van der Waals surface area (Å²) in [7, 11) is 0. The van der Waals surface area contributed by atoms with Crippen LogP contribution >= 0.6 is 0 Å². The molecule has 0 radical (unpaired) electrons. The molecule has 0 fully saturated rings. The van der Waals surface area contributed by atoms with Crippen LogP contribution in [0.1, 0.15) is 18.2 Å². The highest BCUT2D eigenvalue weighted by Gasteiger charge is 2.06. The van der Waals surface area contributed by atoms with Gasteiger partial charge in [-0.25, -0.2) is 4.39 Å². The molecule has 0 aliphatic carbocycles. The Morgan fingerprint density at radius 2 is 2.06 bits per heavy atom. The van der Waals surface area contributed by atoms with Crippen LogP contribution in [0.5, 0.6) is 0 Å². The molecule has 1 aromatic heterocycles. The number of halogens is 1. The van der Waals surface area contributed by atoms with E-state index in [-0.39, 0.29) is 11.9 Å². The average molecular weight is 233 g/mol. The minimum atomic E-state index is -0.162. The number of furan rings is 1. The van der Waals surface area contributed by atoms with Crippen LogP contribution < -0.4 is 5.32 Å². The van der Waals surface area contributed by atoms with Crippen LogP contribution in [0, 0.1) is 5.82 Å². The van der Waals surface area contributed by atoms with Crippen molar-refractivity contribution < 1.29 is 8.81 Å². The van der Waals surface area contributed by atoms with Gasteiger partial charge in [0.2, 0.25) is 0 Å². The molecule has 2 aromatic rings. The Morgan fingerprint density at radius 1 is 1.24 bits per heavy atom. The van der Waals surface area contributed by atoms with Gasteiger partial charge in [-0.05, 0) is 25.1 Å². The van der Waals surface area contributed by atoms with Crippen molar-refractivity contribution in [2.24, 2.45) is 0 Å². The Bertz CT molecular complexity index is 453. The van der Waals surface area contributed by atoms with Crippen molar-refractivity contribution in [3.05, 3.63) is 59.8 Å². The quantitative estimate of drug-likeness (QED) is 0.858. The van der Waals surface area contributed by atoms with Crippen molar-refractivity contribution in [2.45, 2.75) is 25.9 Å². The highest BCUT2D eigenvalue weighted by atomic mass is 19.1. The van der Waals surface area contributed by atoms with Crippen molar-refractivity contribution in [1.29, 1.82) is 0 Å². The molecule has 90 valence electrons. The lowest BCUT2D eigenvalue weighted by atomic mass is 10.1. The summed E-state index contributed by atoms with van der Waals surface area (Å²) in [6, 6.07) is 10.9. The molecule has 17 heavy (non-hydrogen) atoms. The summed E-state index contributed by atoms with van der Waals surface area (Å²) in [5, 5.41) is 3.28. The molecule has 1 N–H and O–H groups in total. The largest absolute Gasteiger partial charge is 0.469 e. The molecule has 1 heterocycles. The first-order valence-electron chi connectivity index (χ1n) is 5.75. The minimum absolute atomic E-state index is 0.162. The van der Waals surface area contributed by atoms with Crippen LogP contribution in [0.3, 0.4) is 0 Å². The first-order chi connectivity index (χ1) is 8.25. The highest BCUT2D eigenvalue weighted by molar-refractivity contribution is 5.17. The van der Waals surface area contributed by atoms with E-state index in [2.05, 4.69) is 12.2 Å². The van der Waals surface area contributed by atoms with Gasteiger partial charge in [-0.1, -0.05) is 18.2 Å². The van der Waals surface area contributed by atoms with Gasteiger partial charge in [0.1, 0.15) is 11.6 Å². The summed E-state index contributed by atoms with van der Waals surface area (Å²) < 4.78 is 18.6. The molecule has 2 rings (SSSR count).